The third-order valence-corrected chi connectivity index (χ3v) is 2.43. The van der Waals surface area contributed by atoms with Crippen molar-refractivity contribution in [2.24, 2.45) is 0 Å². The van der Waals surface area contributed by atoms with Crippen LogP contribution in [-0.4, -0.2) is 22.4 Å². The third-order valence-electron chi connectivity index (χ3n) is 2.43. The number of carbonyl (C=O) groups excluding carboxylic acids is 1. The molecule has 1 aromatic heterocycles. The SMILES string of the molecule is Nc1cc(F)c(F)cc1C(=O)OCCn1cccn1. The lowest BCUT2D eigenvalue weighted by Gasteiger charge is -2.07. The lowest BCUT2D eigenvalue weighted by Crippen LogP contribution is -2.14. The molecule has 2 rings (SSSR count). The molecular weight excluding hydrogens is 256 g/mol. The van der Waals surface area contributed by atoms with Crippen LogP contribution in [0.5, 0.6) is 0 Å². The van der Waals surface area contributed by atoms with Gasteiger partial charge in [-0.15, -0.1) is 0 Å². The number of nitrogen functional groups attached to an aromatic ring is 1. The molecule has 7 heteroatoms. The second-order valence-electron chi connectivity index (χ2n) is 3.76. The Balaban J connectivity index is 1.98. The number of esters is 1. The van der Waals surface area contributed by atoms with E-state index in [4.69, 9.17) is 10.5 Å². The lowest BCUT2D eigenvalue weighted by molar-refractivity contribution is 0.0488. The van der Waals surface area contributed by atoms with E-state index >= 15 is 0 Å². The van der Waals surface area contributed by atoms with Crippen molar-refractivity contribution in [3.63, 3.8) is 0 Å². The van der Waals surface area contributed by atoms with Gasteiger partial charge in [-0.3, -0.25) is 4.68 Å². The summed E-state index contributed by atoms with van der Waals surface area (Å²) in [7, 11) is 0. The normalized spacial score (nSPS) is 10.4. The second kappa shape index (κ2) is 5.47. The first-order valence-electron chi connectivity index (χ1n) is 5.47. The highest BCUT2D eigenvalue weighted by Crippen LogP contribution is 2.17. The molecule has 5 nitrogen and oxygen atoms in total. The van der Waals surface area contributed by atoms with Crippen LogP contribution in [0.2, 0.25) is 0 Å². The maximum Gasteiger partial charge on any atom is 0.340 e. The maximum absolute atomic E-state index is 13.0. The first kappa shape index (κ1) is 13.0. The standard InChI is InChI=1S/C12H11F2N3O2/c13-9-6-8(11(15)7-10(9)14)12(18)19-5-4-17-3-1-2-16-17/h1-3,6-7H,4-5,15H2. The topological polar surface area (TPSA) is 70.1 Å². The number of nitrogens with two attached hydrogens (primary N) is 1. The van der Waals surface area contributed by atoms with Gasteiger partial charge >= 0.3 is 5.97 Å². The molecule has 0 aliphatic heterocycles. The van der Waals surface area contributed by atoms with Crippen molar-refractivity contribution in [2.75, 3.05) is 12.3 Å². The Morgan fingerprint density at radius 2 is 2.11 bits per heavy atom. The van der Waals surface area contributed by atoms with Crippen molar-refractivity contribution >= 4 is 11.7 Å². The van der Waals surface area contributed by atoms with Crippen LogP contribution in [0.1, 0.15) is 10.4 Å². The molecule has 0 unspecified atom stereocenters. The van der Waals surface area contributed by atoms with E-state index in [1.165, 1.54) is 0 Å². The Kier molecular flexibility index (Phi) is 3.74. The Labute approximate surface area is 107 Å². The van der Waals surface area contributed by atoms with Gasteiger partial charge in [0.15, 0.2) is 11.6 Å². The molecule has 0 saturated carbocycles. The van der Waals surface area contributed by atoms with E-state index in [0.717, 1.165) is 12.1 Å². The smallest absolute Gasteiger partial charge is 0.340 e. The molecule has 19 heavy (non-hydrogen) atoms. The number of hydrogen-bond donors (Lipinski definition) is 1. The van der Waals surface area contributed by atoms with Gasteiger partial charge in [0.2, 0.25) is 0 Å². The van der Waals surface area contributed by atoms with E-state index in [1.54, 1.807) is 23.1 Å². The van der Waals surface area contributed by atoms with Gasteiger partial charge in [0.25, 0.3) is 0 Å². The summed E-state index contributed by atoms with van der Waals surface area (Å²) in [5.74, 6) is -3.05. The van der Waals surface area contributed by atoms with E-state index < -0.39 is 17.6 Å². The Bertz CT molecular complexity index is 585. The largest absolute Gasteiger partial charge is 0.460 e. The average Bonchev–Trinajstić information content (AvgIpc) is 2.86. The molecule has 1 aromatic carbocycles. The molecule has 0 spiro atoms. The molecule has 0 aliphatic rings. The second-order valence-corrected chi connectivity index (χ2v) is 3.76. The van der Waals surface area contributed by atoms with E-state index in [0.29, 0.717) is 6.54 Å². The summed E-state index contributed by atoms with van der Waals surface area (Å²) in [5, 5.41) is 3.92. The summed E-state index contributed by atoms with van der Waals surface area (Å²) in [6.45, 7) is 0.418. The van der Waals surface area contributed by atoms with Gasteiger partial charge in [-0.2, -0.15) is 5.10 Å². The number of anilines is 1. The fraction of sp³-hybridized carbons (Fsp3) is 0.167. The fourth-order valence-corrected chi connectivity index (χ4v) is 1.48. The summed E-state index contributed by atoms with van der Waals surface area (Å²) < 4.78 is 32.3. The van der Waals surface area contributed by atoms with Gasteiger partial charge in [0.1, 0.15) is 6.61 Å². The molecular formula is C12H11F2N3O2. The highest BCUT2D eigenvalue weighted by atomic mass is 19.2. The fourth-order valence-electron chi connectivity index (χ4n) is 1.48. The monoisotopic (exact) mass is 267 g/mol. The molecule has 2 N–H and O–H groups in total. The summed E-state index contributed by atoms with van der Waals surface area (Å²) in [6.07, 6.45) is 3.30. The van der Waals surface area contributed by atoms with E-state index in [9.17, 15) is 13.6 Å². The van der Waals surface area contributed by atoms with Crippen molar-refractivity contribution in [1.29, 1.82) is 0 Å². The predicted molar refractivity (Wildman–Crippen MR) is 63.3 cm³/mol. The van der Waals surface area contributed by atoms with Crippen molar-refractivity contribution < 1.29 is 18.3 Å². The number of rotatable bonds is 4. The first-order chi connectivity index (χ1) is 9.08. The zero-order valence-corrected chi connectivity index (χ0v) is 9.85. The zero-order valence-electron chi connectivity index (χ0n) is 9.85. The van der Waals surface area contributed by atoms with Crippen LogP contribution in [0.25, 0.3) is 0 Å². The number of carbonyl (C=O) groups is 1. The predicted octanol–water partition coefficient (Wildman–Crippen LogP) is 1.60. The van der Waals surface area contributed by atoms with Crippen molar-refractivity contribution in [3.05, 3.63) is 47.8 Å². The van der Waals surface area contributed by atoms with Crippen LogP contribution in [0.15, 0.2) is 30.6 Å². The lowest BCUT2D eigenvalue weighted by atomic mass is 10.1. The number of ether oxygens (including phenoxy) is 1. The zero-order chi connectivity index (χ0) is 13.8. The van der Waals surface area contributed by atoms with E-state index in [-0.39, 0.29) is 17.9 Å². The molecule has 0 aliphatic carbocycles. The highest BCUT2D eigenvalue weighted by Gasteiger charge is 2.15. The van der Waals surface area contributed by atoms with Gasteiger partial charge in [0.05, 0.1) is 12.1 Å². The Morgan fingerprint density at radius 3 is 2.79 bits per heavy atom. The maximum atomic E-state index is 13.0. The minimum atomic E-state index is -1.15. The number of halogens is 2. The van der Waals surface area contributed by atoms with Crippen LogP contribution < -0.4 is 5.73 Å². The van der Waals surface area contributed by atoms with Gasteiger partial charge in [-0.25, -0.2) is 13.6 Å². The van der Waals surface area contributed by atoms with Gasteiger partial charge in [0, 0.05) is 24.1 Å². The summed E-state index contributed by atoms with van der Waals surface area (Å²) >= 11 is 0. The first-order valence-corrected chi connectivity index (χ1v) is 5.47. The van der Waals surface area contributed by atoms with Gasteiger partial charge in [-0.05, 0) is 12.1 Å². The van der Waals surface area contributed by atoms with E-state index in [2.05, 4.69) is 5.10 Å². The van der Waals surface area contributed by atoms with Crippen LogP contribution in [0, 0.1) is 11.6 Å². The van der Waals surface area contributed by atoms with Crippen molar-refractivity contribution in [2.45, 2.75) is 6.54 Å². The molecule has 0 atom stereocenters. The molecule has 0 radical (unpaired) electrons. The quantitative estimate of drug-likeness (QED) is 0.674. The van der Waals surface area contributed by atoms with Crippen LogP contribution in [0.3, 0.4) is 0 Å². The van der Waals surface area contributed by atoms with Crippen molar-refractivity contribution in [3.8, 4) is 0 Å². The van der Waals surface area contributed by atoms with Crippen LogP contribution in [0.4, 0.5) is 14.5 Å². The molecule has 100 valence electrons. The number of benzene rings is 1. The van der Waals surface area contributed by atoms with Crippen LogP contribution in [-0.2, 0) is 11.3 Å². The molecule has 2 aromatic rings. The highest BCUT2D eigenvalue weighted by molar-refractivity contribution is 5.95. The minimum Gasteiger partial charge on any atom is -0.460 e. The van der Waals surface area contributed by atoms with E-state index in [1.807, 2.05) is 0 Å². The Hall–Kier alpha value is -2.44. The minimum absolute atomic E-state index is 0.0545. The third kappa shape index (κ3) is 3.06. The molecule has 0 saturated heterocycles. The summed E-state index contributed by atoms with van der Waals surface area (Å²) in [6, 6.07) is 3.20. The molecule has 0 bridgehead atoms. The Morgan fingerprint density at radius 1 is 1.37 bits per heavy atom. The van der Waals surface area contributed by atoms with Gasteiger partial charge in [-0.1, -0.05) is 0 Å². The van der Waals surface area contributed by atoms with Crippen LogP contribution >= 0.6 is 0 Å². The number of hydrogen-bond acceptors (Lipinski definition) is 4. The van der Waals surface area contributed by atoms with Gasteiger partial charge < -0.3 is 10.5 Å². The summed E-state index contributed by atoms with van der Waals surface area (Å²) in [5.41, 5.74) is 5.07. The molecule has 0 fully saturated rings. The molecule has 1 heterocycles. The molecule has 0 amide bonds. The summed E-state index contributed by atoms with van der Waals surface area (Å²) in [4.78, 5) is 11.6. The average molecular weight is 267 g/mol. The van der Waals surface area contributed by atoms with Crippen molar-refractivity contribution in [1.82, 2.24) is 9.78 Å². The number of nitrogens with zero attached hydrogens (tertiary/aromatic N) is 2. The number of aromatic nitrogens is 2.